The predicted molar refractivity (Wildman–Crippen MR) is 92.7 cm³/mol. The van der Waals surface area contributed by atoms with E-state index in [4.69, 9.17) is 10.00 Å². The first-order valence-electron chi connectivity index (χ1n) is 8.15. The van der Waals surface area contributed by atoms with Crippen molar-refractivity contribution in [2.24, 2.45) is 5.92 Å². The van der Waals surface area contributed by atoms with Gasteiger partial charge < -0.3 is 9.64 Å². The number of nitrogens with zero attached hydrogens (tertiary/aromatic N) is 2. The molecule has 0 N–H and O–H groups in total. The number of piperidine rings is 1. The van der Waals surface area contributed by atoms with Crippen molar-refractivity contribution in [3.8, 4) is 22.9 Å². The van der Waals surface area contributed by atoms with Gasteiger partial charge in [0.15, 0.2) is 0 Å². The number of likely N-dealkylation sites (tertiary alicyclic amines) is 1. The number of hydrogen-bond donors (Lipinski definition) is 0. The van der Waals surface area contributed by atoms with Crippen molar-refractivity contribution in [1.29, 1.82) is 5.26 Å². The van der Waals surface area contributed by atoms with Gasteiger partial charge in [-0.25, -0.2) is 0 Å². The smallest absolute Gasteiger partial charge is 0.253 e. The van der Waals surface area contributed by atoms with Gasteiger partial charge in [-0.3, -0.25) is 4.79 Å². The van der Waals surface area contributed by atoms with Crippen molar-refractivity contribution in [2.75, 3.05) is 20.2 Å². The fourth-order valence-electron chi connectivity index (χ4n) is 3.08. The van der Waals surface area contributed by atoms with Crippen LogP contribution >= 0.6 is 0 Å². The molecule has 0 radical (unpaired) electrons. The Hall–Kier alpha value is -2.80. The zero-order chi connectivity index (χ0) is 16.9. The van der Waals surface area contributed by atoms with E-state index < -0.39 is 0 Å². The summed E-state index contributed by atoms with van der Waals surface area (Å²) in [5.74, 6) is 0.844. The van der Waals surface area contributed by atoms with E-state index in [0.717, 1.165) is 29.7 Å². The minimum atomic E-state index is 0.0197. The van der Waals surface area contributed by atoms with Crippen molar-refractivity contribution >= 4 is 5.91 Å². The van der Waals surface area contributed by atoms with Crippen LogP contribution in [0.25, 0.3) is 11.1 Å². The number of carbonyl (C=O) groups is 1. The summed E-state index contributed by atoms with van der Waals surface area (Å²) in [7, 11) is 1.63. The second kappa shape index (κ2) is 7.18. The van der Waals surface area contributed by atoms with E-state index in [1.165, 1.54) is 0 Å². The summed E-state index contributed by atoms with van der Waals surface area (Å²) in [6.07, 6.45) is 1.51. The van der Waals surface area contributed by atoms with E-state index in [1.807, 2.05) is 53.4 Å². The molecule has 1 amide bonds. The second-order valence-electron chi connectivity index (χ2n) is 5.98. The van der Waals surface area contributed by atoms with E-state index in [2.05, 4.69) is 6.07 Å². The van der Waals surface area contributed by atoms with Crippen LogP contribution in [0, 0.1) is 17.2 Å². The van der Waals surface area contributed by atoms with Gasteiger partial charge in [-0.1, -0.05) is 30.3 Å². The Labute approximate surface area is 142 Å². The number of benzene rings is 2. The maximum atomic E-state index is 12.8. The molecule has 0 atom stereocenters. The minimum Gasteiger partial charge on any atom is -0.496 e. The monoisotopic (exact) mass is 320 g/mol. The van der Waals surface area contributed by atoms with Crippen molar-refractivity contribution < 1.29 is 9.53 Å². The van der Waals surface area contributed by atoms with Gasteiger partial charge in [0, 0.05) is 30.1 Å². The normalized spacial score (nSPS) is 14.9. The summed E-state index contributed by atoms with van der Waals surface area (Å²) in [4.78, 5) is 14.6. The molecule has 1 heterocycles. The number of ether oxygens (including phenoxy) is 1. The van der Waals surface area contributed by atoms with Crippen molar-refractivity contribution in [3.63, 3.8) is 0 Å². The van der Waals surface area contributed by atoms with Crippen LogP contribution in [-0.2, 0) is 0 Å². The number of methoxy groups -OCH3 is 1. The van der Waals surface area contributed by atoms with Gasteiger partial charge in [0.25, 0.3) is 5.91 Å². The lowest BCUT2D eigenvalue weighted by Crippen LogP contribution is -2.38. The predicted octanol–water partition coefficient (Wildman–Crippen LogP) is 3.74. The summed E-state index contributed by atoms with van der Waals surface area (Å²) < 4.78 is 5.45. The van der Waals surface area contributed by atoms with Crippen LogP contribution in [0.1, 0.15) is 23.2 Å². The van der Waals surface area contributed by atoms with Crippen LogP contribution in [0.3, 0.4) is 0 Å². The molecule has 1 saturated heterocycles. The lowest BCUT2D eigenvalue weighted by atomic mass is 9.97. The summed E-state index contributed by atoms with van der Waals surface area (Å²) in [6, 6.07) is 17.8. The average Bonchev–Trinajstić information content (AvgIpc) is 2.67. The molecule has 1 aliphatic heterocycles. The lowest BCUT2D eigenvalue weighted by Gasteiger charge is -2.29. The first-order valence-corrected chi connectivity index (χ1v) is 8.15. The van der Waals surface area contributed by atoms with Gasteiger partial charge in [-0.05, 0) is 36.6 Å². The van der Waals surface area contributed by atoms with E-state index in [0.29, 0.717) is 18.7 Å². The first kappa shape index (κ1) is 16.1. The highest BCUT2D eigenvalue weighted by molar-refractivity contribution is 5.96. The van der Waals surface area contributed by atoms with E-state index in [1.54, 1.807) is 7.11 Å². The Morgan fingerprint density at radius 3 is 2.50 bits per heavy atom. The summed E-state index contributed by atoms with van der Waals surface area (Å²) in [5, 5.41) is 8.99. The van der Waals surface area contributed by atoms with Gasteiger partial charge in [0.2, 0.25) is 0 Å². The van der Waals surface area contributed by atoms with Crippen LogP contribution in [-0.4, -0.2) is 31.0 Å². The fourth-order valence-corrected chi connectivity index (χ4v) is 3.08. The van der Waals surface area contributed by atoms with Gasteiger partial charge in [-0.2, -0.15) is 5.26 Å². The number of amides is 1. The second-order valence-corrected chi connectivity index (χ2v) is 5.98. The highest BCUT2D eigenvalue weighted by Crippen LogP contribution is 2.31. The van der Waals surface area contributed by atoms with E-state index in [9.17, 15) is 4.79 Å². The largest absolute Gasteiger partial charge is 0.496 e. The number of nitriles is 1. The SMILES string of the molecule is COc1ccc(C(=O)N2CCC(C#N)CC2)cc1-c1ccccc1. The Balaban J connectivity index is 1.87. The maximum Gasteiger partial charge on any atom is 0.253 e. The number of carbonyl (C=O) groups excluding carboxylic acids is 1. The molecule has 0 aliphatic carbocycles. The Kier molecular flexibility index (Phi) is 4.81. The third-order valence-electron chi connectivity index (χ3n) is 4.50. The molecule has 1 aliphatic rings. The van der Waals surface area contributed by atoms with Crippen LogP contribution in [0.5, 0.6) is 5.75 Å². The molecule has 1 fully saturated rings. The molecule has 0 spiro atoms. The Morgan fingerprint density at radius 2 is 1.88 bits per heavy atom. The summed E-state index contributed by atoms with van der Waals surface area (Å²) in [6.45, 7) is 1.29. The highest BCUT2D eigenvalue weighted by Gasteiger charge is 2.24. The Morgan fingerprint density at radius 1 is 1.17 bits per heavy atom. The molecule has 2 aromatic rings. The summed E-state index contributed by atoms with van der Waals surface area (Å²) >= 11 is 0. The molecular weight excluding hydrogens is 300 g/mol. The molecular formula is C20H20N2O2. The lowest BCUT2D eigenvalue weighted by molar-refractivity contribution is 0.0707. The standard InChI is InChI=1S/C20H20N2O2/c1-24-19-8-7-17(13-18(19)16-5-3-2-4-6-16)20(23)22-11-9-15(14-21)10-12-22/h2-8,13,15H,9-12H2,1H3. The van der Waals surface area contributed by atoms with Crippen LogP contribution in [0.15, 0.2) is 48.5 Å². The van der Waals surface area contributed by atoms with Crippen LogP contribution in [0.2, 0.25) is 0 Å². The van der Waals surface area contributed by atoms with Crippen LogP contribution in [0.4, 0.5) is 0 Å². The van der Waals surface area contributed by atoms with Gasteiger partial charge >= 0.3 is 0 Å². The molecule has 0 saturated carbocycles. The molecule has 0 unspecified atom stereocenters. The zero-order valence-corrected chi connectivity index (χ0v) is 13.7. The molecule has 2 aromatic carbocycles. The number of rotatable bonds is 3. The summed E-state index contributed by atoms with van der Waals surface area (Å²) in [5.41, 5.74) is 2.59. The molecule has 0 aromatic heterocycles. The quantitative estimate of drug-likeness (QED) is 0.865. The van der Waals surface area contributed by atoms with Crippen molar-refractivity contribution in [2.45, 2.75) is 12.8 Å². The fraction of sp³-hybridized carbons (Fsp3) is 0.300. The van der Waals surface area contributed by atoms with Crippen LogP contribution < -0.4 is 4.74 Å². The van der Waals surface area contributed by atoms with Crippen molar-refractivity contribution in [3.05, 3.63) is 54.1 Å². The molecule has 3 rings (SSSR count). The Bertz CT molecular complexity index is 757. The van der Waals surface area contributed by atoms with Gasteiger partial charge in [-0.15, -0.1) is 0 Å². The molecule has 24 heavy (non-hydrogen) atoms. The third kappa shape index (κ3) is 3.26. The van der Waals surface area contributed by atoms with Crippen molar-refractivity contribution in [1.82, 2.24) is 4.90 Å². The molecule has 0 bridgehead atoms. The van der Waals surface area contributed by atoms with Gasteiger partial charge in [0.1, 0.15) is 5.75 Å². The minimum absolute atomic E-state index is 0.0197. The maximum absolute atomic E-state index is 12.8. The van der Waals surface area contributed by atoms with E-state index >= 15 is 0 Å². The topological polar surface area (TPSA) is 53.3 Å². The first-order chi connectivity index (χ1) is 11.7. The zero-order valence-electron chi connectivity index (χ0n) is 13.7. The third-order valence-corrected chi connectivity index (χ3v) is 4.50. The number of hydrogen-bond acceptors (Lipinski definition) is 3. The average molecular weight is 320 g/mol. The molecule has 4 nitrogen and oxygen atoms in total. The van der Waals surface area contributed by atoms with E-state index in [-0.39, 0.29) is 11.8 Å². The molecule has 4 heteroatoms. The highest BCUT2D eigenvalue weighted by atomic mass is 16.5. The molecule has 122 valence electrons. The van der Waals surface area contributed by atoms with Gasteiger partial charge in [0.05, 0.1) is 13.2 Å².